The van der Waals surface area contributed by atoms with Gasteiger partial charge in [0.2, 0.25) is 0 Å². The van der Waals surface area contributed by atoms with Gasteiger partial charge < -0.3 is 0 Å². The van der Waals surface area contributed by atoms with E-state index in [1.165, 1.54) is 5.56 Å². The molecule has 1 N–H and O–H groups in total. The third-order valence-corrected chi connectivity index (χ3v) is 3.59. The highest BCUT2D eigenvalue weighted by Crippen LogP contribution is 2.20. The van der Waals surface area contributed by atoms with Crippen molar-refractivity contribution in [2.24, 2.45) is 0 Å². The summed E-state index contributed by atoms with van der Waals surface area (Å²) in [6.45, 7) is 2.92. The zero-order valence-corrected chi connectivity index (χ0v) is 12.4. The molecule has 0 aliphatic heterocycles. The molecule has 0 aliphatic rings. The molecule has 1 heterocycles. The molecule has 19 heavy (non-hydrogen) atoms. The quantitative estimate of drug-likeness (QED) is 0.853. The fourth-order valence-corrected chi connectivity index (χ4v) is 2.49. The second kappa shape index (κ2) is 6.12. The highest BCUT2D eigenvalue weighted by molar-refractivity contribution is 7.71. The van der Waals surface area contributed by atoms with E-state index >= 15 is 0 Å². The molecule has 5 heteroatoms. The predicted octanol–water partition coefficient (Wildman–Crippen LogP) is 3.00. The lowest BCUT2D eigenvalue weighted by Gasteiger charge is -2.22. The molecule has 102 valence electrons. The number of rotatable bonds is 5. The summed E-state index contributed by atoms with van der Waals surface area (Å²) in [6.07, 6.45) is 1.00. The van der Waals surface area contributed by atoms with Gasteiger partial charge in [0.25, 0.3) is 0 Å². The lowest BCUT2D eigenvalue weighted by molar-refractivity contribution is 0.273. The van der Waals surface area contributed by atoms with Crippen LogP contribution in [0.5, 0.6) is 0 Å². The van der Waals surface area contributed by atoms with Crippen molar-refractivity contribution < 1.29 is 0 Å². The van der Waals surface area contributed by atoms with Gasteiger partial charge in [0, 0.05) is 0 Å². The Kier molecular flexibility index (Phi) is 4.50. The molecule has 0 fully saturated rings. The van der Waals surface area contributed by atoms with Crippen LogP contribution in [0.15, 0.2) is 30.3 Å². The summed E-state index contributed by atoms with van der Waals surface area (Å²) in [6, 6.07) is 10.6. The zero-order chi connectivity index (χ0) is 13.8. The van der Waals surface area contributed by atoms with Gasteiger partial charge >= 0.3 is 0 Å². The lowest BCUT2D eigenvalue weighted by atomic mass is 10.2. The molecule has 0 bridgehead atoms. The zero-order valence-electron chi connectivity index (χ0n) is 11.6. The summed E-state index contributed by atoms with van der Waals surface area (Å²) in [5, 5.41) is 7.32. The predicted molar refractivity (Wildman–Crippen MR) is 79.7 cm³/mol. The number of H-pyrrole nitrogens is 1. The minimum atomic E-state index is 0.275. The Morgan fingerprint density at radius 3 is 2.58 bits per heavy atom. The number of aromatic nitrogens is 3. The summed E-state index contributed by atoms with van der Waals surface area (Å²) in [5.41, 5.74) is 1.23. The van der Waals surface area contributed by atoms with Gasteiger partial charge in [-0.3, -0.25) is 14.6 Å². The summed E-state index contributed by atoms with van der Waals surface area (Å²) in [7, 11) is 4.14. The smallest absolute Gasteiger partial charge is 0.195 e. The van der Waals surface area contributed by atoms with Crippen LogP contribution in [0.3, 0.4) is 0 Å². The molecule has 2 rings (SSSR count). The van der Waals surface area contributed by atoms with Crippen molar-refractivity contribution in [1.29, 1.82) is 0 Å². The highest BCUT2D eigenvalue weighted by atomic mass is 32.1. The van der Waals surface area contributed by atoms with Gasteiger partial charge in [0.15, 0.2) is 4.77 Å². The SMILES string of the molecule is CCC(c1n[nH]c(=S)n1Cc1ccccc1)N(C)C. The highest BCUT2D eigenvalue weighted by Gasteiger charge is 2.19. The Balaban J connectivity index is 2.35. The Morgan fingerprint density at radius 1 is 1.32 bits per heavy atom. The minimum Gasteiger partial charge on any atom is -0.300 e. The van der Waals surface area contributed by atoms with E-state index in [9.17, 15) is 0 Å². The summed E-state index contributed by atoms with van der Waals surface area (Å²) >= 11 is 5.35. The summed E-state index contributed by atoms with van der Waals surface area (Å²) < 4.78 is 2.76. The number of nitrogens with one attached hydrogen (secondary N) is 1. The maximum Gasteiger partial charge on any atom is 0.195 e. The van der Waals surface area contributed by atoms with Crippen LogP contribution < -0.4 is 0 Å². The van der Waals surface area contributed by atoms with E-state index in [1.807, 2.05) is 18.2 Å². The van der Waals surface area contributed by atoms with E-state index in [4.69, 9.17) is 12.2 Å². The first kappa shape index (κ1) is 14.0. The maximum absolute atomic E-state index is 5.35. The number of nitrogens with zero attached hydrogens (tertiary/aromatic N) is 3. The molecule has 4 nitrogen and oxygen atoms in total. The van der Waals surface area contributed by atoms with Crippen LogP contribution in [0.25, 0.3) is 0 Å². The molecule has 0 radical (unpaired) electrons. The van der Waals surface area contributed by atoms with E-state index in [-0.39, 0.29) is 6.04 Å². The third-order valence-electron chi connectivity index (χ3n) is 3.28. The average Bonchev–Trinajstić information content (AvgIpc) is 2.74. The molecule has 2 aromatic rings. The van der Waals surface area contributed by atoms with E-state index < -0.39 is 0 Å². The molecular formula is C14H20N4S. The van der Waals surface area contributed by atoms with Crippen molar-refractivity contribution in [3.63, 3.8) is 0 Å². The van der Waals surface area contributed by atoms with Gasteiger partial charge in [-0.15, -0.1) is 0 Å². The Labute approximate surface area is 119 Å². The third kappa shape index (κ3) is 3.11. The number of hydrogen-bond acceptors (Lipinski definition) is 3. The largest absolute Gasteiger partial charge is 0.300 e. The van der Waals surface area contributed by atoms with Crippen molar-refractivity contribution in [1.82, 2.24) is 19.7 Å². The van der Waals surface area contributed by atoms with Crippen molar-refractivity contribution >= 4 is 12.2 Å². The second-order valence-electron chi connectivity index (χ2n) is 4.85. The van der Waals surface area contributed by atoms with Gasteiger partial charge in [-0.25, -0.2) is 0 Å². The molecule has 1 aromatic heterocycles. The van der Waals surface area contributed by atoms with Crippen LogP contribution in [0, 0.1) is 4.77 Å². The first-order valence-electron chi connectivity index (χ1n) is 6.49. The minimum absolute atomic E-state index is 0.275. The van der Waals surface area contributed by atoms with Gasteiger partial charge in [0.05, 0.1) is 12.6 Å². The van der Waals surface area contributed by atoms with Crippen LogP contribution in [-0.4, -0.2) is 33.8 Å². The molecule has 0 amide bonds. The Bertz CT molecular complexity index is 571. The molecule has 1 atom stereocenters. The first-order chi connectivity index (χ1) is 9.13. The van der Waals surface area contributed by atoms with Crippen molar-refractivity contribution in [2.45, 2.75) is 25.9 Å². The Morgan fingerprint density at radius 2 is 2.00 bits per heavy atom. The summed E-state index contributed by atoms with van der Waals surface area (Å²) in [4.78, 5) is 2.17. The topological polar surface area (TPSA) is 36.9 Å². The number of hydrogen-bond donors (Lipinski definition) is 1. The van der Waals surface area contributed by atoms with Crippen LogP contribution in [0.1, 0.15) is 30.8 Å². The fourth-order valence-electron chi connectivity index (χ4n) is 2.28. The molecule has 0 saturated heterocycles. The standard InChI is InChI=1S/C14H20N4S/c1-4-12(17(2)3)13-15-16-14(19)18(13)10-11-8-6-5-7-9-11/h5-9,12H,4,10H2,1-3H3,(H,16,19). The van der Waals surface area contributed by atoms with Crippen LogP contribution in [0.4, 0.5) is 0 Å². The molecule has 0 aliphatic carbocycles. The fraction of sp³-hybridized carbons (Fsp3) is 0.429. The summed E-state index contributed by atoms with van der Waals surface area (Å²) in [5.74, 6) is 1.00. The molecule has 0 saturated carbocycles. The van der Waals surface area contributed by atoms with Gasteiger partial charge in [-0.1, -0.05) is 37.3 Å². The molecule has 1 unspecified atom stereocenters. The lowest BCUT2D eigenvalue weighted by Crippen LogP contribution is -2.23. The number of aromatic amines is 1. The molecule has 0 spiro atoms. The van der Waals surface area contributed by atoms with E-state index in [2.05, 4.69) is 52.8 Å². The monoisotopic (exact) mass is 276 g/mol. The van der Waals surface area contributed by atoms with E-state index in [1.54, 1.807) is 0 Å². The normalized spacial score (nSPS) is 12.8. The number of benzene rings is 1. The van der Waals surface area contributed by atoms with Gasteiger partial charge in [-0.2, -0.15) is 5.10 Å². The van der Waals surface area contributed by atoms with Gasteiger partial charge in [0.1, 0.15) is 5.82 Å². The van der Waals surface area contributed by atoms with E-state index in [0.717, 1.165) is 18.8 Å². The maximum atomic E-state index is 5.35. The molecular weight excluding hydrogens is 256 g/mol. The van der Waals surface area contributed by atoms with Crippen molar-refractivity contribution in [3.05, 3.63) is 46.5 Å². The Hall–Kier alpha value is -1.46. The van der Waals surface area contributed by atoms with Crippen LogP contribution in [0.2, 0.25) is 0 Å². The van der Waals surface area contributed by atoms with Crippen LogP contribution in [-0.2, 0) is 6.54 Å². The molecule has 1 aromatic carbocycles. The van der Waals surface area contributed by atoms with Crippen molar-refractivity contribution in [2.75, 3.05) is 14.1 Å². The van der Waals surface area contributed by atoms with Crippen molar-refractivity contribution in [3.8, 4) is 0 Å². The average molecular weight is 276 g/mol. The van der Waals surface area contributed by atoms with E-state index in [0.29, 0.717) is 4.77 Å². The second-order valence-corrected chi connectivity index (χ2v) is 5.23. The first-order valence-corrected chi connectivity index (χ1v) is 6.89. The van der Waals surface area contributed by atoms with Crippen LogP contribution >= 0.6 is 12.2 Å². The van der Waals surface area contributed by atoms with Gasteiger partial charge in [-0.05, 0) is 38.3 Å².